The molecule has 2 aliphatic rings. The topological polar surface area (TPSA) is 33.7 Å². The Bertz CT molecular complexity index is 456. The fraction of sp³-hybridized carbons (Fsp3) is 0.600. The summed E-state index contributed by atoms with van der Waals surface area (Å²) in [5.41, 5.74) is 2.50. The minimum atomic E-state index is 0.343. The van der Waals surface area contributed by atoms with Crippen molar-refractivity contribution >= 4 is 5.69 Å². The summed E-state index contributed by atoms with van der Waals surface area (Å²) < 4.78 is 10.9. The fourth-order valence-corrected chi connectivity index (χ4v) is 2.99. The number of fused-ring (bicyclic) bond motifs is 1. The predicted octanol–water partition coefficient (Wildman–Crippen LogP) is 2.16. The largest absolute Gasteiger partial charge is 0.454 e. The molecule has 0 atom stereocenters. The van der Waals surface area contributed by atoms with Crippen LogP contribution in [0.2, 0.25) is 0 Å². The highest BCUT2D eigenvalue weighted by atomic mass is 16.7. The van der Waals surface area contributed by atoms with Gasteiger partial charge in [-0.1, -0.05) is 0 Å². The maximum absolute atomic E-state index is 5.48. The first-order valence-corrected chi connectivity index (χ1v) is 7.06. The highest BCUT2D eigenvalue weighted by molar-refractivity contribution is 5.62. The lowest BCUT2D eigenvalue weighted by atomic mass is 9.97. The van der Waals surface area contributed by atoms with Crippen LogP contribution < -0.4 is 19.7 Å². The first-order chi connectivity index (χ1) is 9.24. The summed E-state index contributed by atoms with van der Waals surface area (Å²) >= 11 is 0. The van der Waals surface area contributed by atoms with Crippen LogP contribution in [0, 0.1) is 12.8 Å². The molecule has 0 bridgehead atoms. The van der Waals surface area contributed by atoms with Gasteiger partial charge in [0.1, 0.15) is 0 Å². The van der Waals surface area contributed by atoms with E-state index in [4.69, 9.17) is 9.47 Å². The summed E-state index contributed by atoms with van der Waals surface area (Å²) in [4.78, 5) is 2.35. The van der Waals surface area contributed by atoms with Crippen molar-refractivity contribution in [3.05, 3.63) is 17.7 Å². The number of ether oxygens (including phenoxy) is 2. The summed E-state index contributed by atoms with van der Waals surface area (Å²) in [5.74, 6) is 2.53. The van der Waals surface area contributed by atoms with Gasteiger partial charge in [0, 0.05) is 25.3 Å². The van der Waals surface area contributed by atoms with Crippen molar-refractivity contribution in [1.29, 1.82) is 0 Å². The zero-order valence-electron chi connectivity index (χ0n) is 11.7. The average Bonchev–Trinajstić information content (AvgIpc) is 2.86. The third kappa shape index (κ3) is 2.63. The number of anilines is 1. The standard InChI is InChI=1S/C15H22N2O2/c1-11-7-14-15(19-10-18-14)8-13(11)17(2)9-12-3-5-16-6-4-12/h7-8,12,16H,3-6,9-10H2,1-2H3. The van der Waals surface area contributed by atoms with Crippen molar-refractivity contribution in [2.45, 2.75) is 19.8 Å². The van der Waals surface area contributed by atoms with Crippen molar-refractivity contribution in [3.8, 4) is 11.5 Å². The lowest BCUT2D eigenvalue weighted by Gasteiger charge is -2.29. The molecule has 19 heavy (non-hydrogen) atoms. The van der Waals surface area contributed by atoms with Gasteiger partial charge in [-0.25, -0.2) is 0 Å². The van der Waals surface area contributed by atoms with Crippen LogP contribution in [-0.2, 0) is 0 Å². The molecule has 4 heteroatoms. The molecule has 0 saturated carbocycles. The lowest BCUT2D eigenvalue weighted by Crippen LogP contribution is -2.34. The number of nitrogens with one attached hydrogen (secondary N) is 1. The van der Waals surface area contributed by atoms with Gasteiger partial charge in [0.05, 0.1) is 0 Å². The minimum Gasteiger partial charge on any atom is -0.454 e. The molecule has 1 saturated heterocycles. The molecular formula is C15H22N2O2. The van der Waals surface area contributed by atoms with E-state index in [1.54, 1.807) is 0 Å². The van der Waals surface area contributed by atoms with Gasteiger partial charge in [-0.05, 0) is 50.4 Å². The molecular weight excluding hydrogens is 240 g/mol. The maximum atomic E-state index is 5.48. The van der Waals surface area contributed by atoms with E-state index in [0.717, 1.165) is 37.1 Å². The Labute approximate surface area is 114 Å². The Hall–Kier alpha value is -1.42. The number of hydrogen-bond acceptors (Lipinski definition) is 4. The Kier molecular flexibility index (Phi) is 3.51. The van der Waals surface area contributed by atoms with Crippen molar-refractivity contribution in [1.82, 2.24) is 5.32 Å². The summed E-state index contributed by atoms with van der Waals surface area (Å²) in [6.07, 6.45) is 2.54. The average molecular weight is 262 g/mol. The van der Waals surface area contributed by atoms with Crippen molar-refractivity contribution in [3.63, 3.8) is 0 Å². The van der Waals surface area contributed by atoms with Crippen LogP contribution in [-0.4, -0.2) is 33.5 Å². The third-order valence-corrected chi connectivity index (χ3v) is 4.09. The second kappa shape index (κ2) is 5.29. The van der Waals surface area contributed by atoms with E-state index in [9.17, 15) is 0 Å². The van der Waals surface area contributed by atoms with Crippen LogP contribution in [0.4, 0.5) is 5.69 Å². The molecule has 2 aliphatic heterocycles. The van der Waals surface area contributed by atoms with Crippen molar-refractivity contribution in [2.24, 2.45) is 5.92 Å². The number of hydrogen-bond donors (Lipinski definition) is 1. The highest BCUT2D eigenvalue weighted by Gasteiger charge is 2.20. The summed E-state index contributed by atoms with van der Waals surface area (Å²) in [7, 11) is 2.17. The molecule has 1 N–H and O–H groups in total. The maximum Gasteiger partial charge on any atom is 0.231 e. The molecule has 0 aliphatic carbocycles. The first kappa shape index (κ1) is 12.6. The van der Waals surface area contributed by atoms with E-state index < -0.39 is 0 Å². The van der Waals surface area contributed by atoms with E-state index in [1.807, 2.05) is 0 Å². The Morgan fingerprint density at radius 1 is 1.21 bits per heavy atom. The monoisotopic (exact) mass is 262 g/mol. The molecule has 104 valence electrons. The number of benzene rings is 1. The number of nitrogens with zero attached hydrogens (tertiary/aromatic N) is 1. The molecule has 1 fully saturated rings. The molecule has 0 spiro atoms. The van der Waals surface area contributed by atoms with Gasteiger partial charge < -0.3 is 19.7 Å². The van der Waals surface area contributed by atoms with Gasteiger partial charge in [0.15, 0.2) is 11.5 Å². The zero-order chi connectivity index (χ0) is 13.2. The normalized spacial score (nSPS) is 18.6. The Balaban J connectivity index is 1.73. The number of piperidine rings is 1. The lowest BCUT2D eigenvalue weighted by molar-refractivity contribution is 0.174. The van der Waals surface area contributed by atoms with Crippen LogP contribution in [0.3, 0.4) is 0 Å². The second-order valence-corrected chi connectivity index (χ2v) is 5.57. The van der Waals surface area contributed by atoms with Gasteiger partial charge in [0.25, 0.3) is 0 Å². The van der Waals surface area contributed by atoms with Crippen LogP contribution in [0.1, 0.15) is 18.4 Å². The zero-order valence-corrected chi connectivity index (χ0v) is 11.7. The molecule has 1 aromatic carbocycles. The number of aryl methyl sites for hydroxylation is 1. The summed E-state index contributed by atoms with van der Waals surface area (Å²) in [6, 6.07) is 4.19. The van der Waals surface area contributed by atoms with Crippen LogP contribution in [0.5, 0.6) is 11.5 Å². The molecule has 4 nitrogen and oxygen atoms in total. The van der Waals surface area contributed by atoms with Crippen LogP contribution in [0.25, 0.3) is 0 Å². The molecule has 0 unspecified atom stereocenters. The molecule has 0 aromatic heterocycles. The van der Waals surface area contributed by atoms with Crippen LogP contribution in [0.15, 0.2) is 12.1 Å². The second-order valence-electron chi connectivity index (χ2n) is 5.57. The van der Waals surface area contributed by atoms with E-state index in [2.05, 4.69) is 36.3 Å². The summed E-state index contributed by atoms with van der Waals surface area (Å²) in [6.45, 7) is 5.89. The van der Waals surface area contributed by atoms with Crippen molar-refractivity contribution in [2.75, 3.05) is 38.4 Å². The molecule has 1 aromatic rings. The van der Waals surface area contributed by atoms with E-state index in [-0.39, 0.29) is 0 Å². The quantitative estimate of drug-likeness (QED) is 0.905. The smallest absolute Gasteiger partial charge is 0.231 e. The number of rotatable bonds is 3. The molecule has 2 heterocycles. The Morgan fingerprint density at radius 2 is 1.89 bits per heavy atom. The molecule has 0 radical (unpaired) electrons. The van der Waals surface area contributed by atoms with Crippen LogP contribution >= 0.6 is 0 Å². The van der Waals surface area contributed by atoms with E-state index >= 15 is 0 Å². The van der Waals surface area contributed by atoms with Crippen molar-refractivity contribution < 1.29 is 9.47 Å². The predicted molar refractivity (Wildman–Crippen MR) is 76.2 cm³/mol. The SMILES string of the molecule is Cc1cc2c(cc1N(C)CC1CCNCC1)OCO2. The van der Waals surface area contributed by atoms with Gasteiger partial charge in [-0.15, -0.1) is 0 Å². The molecule has 0 amide bonds. The summed E-state index contributed by atoms with van der Waals surface area (Å²) in [5, 5.41) is 3.42. The molecule has 3 rings (SSSR count). The first-order valence-electron chi connectivity index (χ1n) is 7.06. The van der Waals surface area contributed by atoms with E-state index in [1.165, 1.54) is 24.1 Å². The third-order valence-electron chi connectivity index (χ3n) is 4.09. The fourth-order valence-electron chi connectivity index (χ4n) is 2.99. The van der Waals surface area contributed by atoms with E-state index in [0.29, 0.717) is 6.79 Å². The Morgan fingerprint density at radius 3 is 2.63 bits per heavy atom. The van der Waals surface area contributed by atoms with Gasteiger partial charge in [-0.3, -0.25) is 0 Å². The van der Waals surface area contributed by atoms with Gasteiger partial charge in [-0.2, -0.15) is 0 Å². The minimum absolute atomic E-state index is 0.343. The highest BCUT2D eigenvalue weighted by Crippen LogP contribution is 2.38. The van der Waals surface area contributed by atoms with Gasteiger partial charge in [0.2, 0.25) is 6.79 Å². The van der Waals surface area contributed by atoms with Gasteiger partial charge >= 0.3 is 0 Å².